The van der Waals surface area contributed by atoms with Crippen LogP contribution >= 0.6 is 11.6 Å². The van der Waals surface area contributed by atoms with Crippen molar-refractivity contribution in [2.24, 2.45) is 0 Å². The summed E-state index contributed by atoms with van der Waals surface area (Å²) in [5.74, 6) is -0.927. The lowest BCUT2D eigenvalue weighted by atomic mass is 10.2. The first-order valence-electron chi connectivity index (χ1n) is 7.08. The molecule has 0 spiro atoms. The summed E-state index contributed by atoms with van der Waals surface area (Å²) >= 11 is 5.87. The van der Waals surface area contributed by atoms with Crippen LogP contribution in [0.3, 0.4) is 0 Å². The van der Waals surface area contributed by atoms with Crippen molar-refractivity contribution in [3.05, 3.63) is 29.0 Å². The van der Waals surface area contributed by atoms with Gasteiger partial charge in [0.2, 0.25) is 11.8 Å². The molecule has 0 heterocycles. The fourth-order valence-electron chi connectivity index (χ4n) is 1.71. The molecule has 0 radical (unpaired) electrons. The Hall–Kier alpha value is -1.66. The summed E-state index contributed by atoms with van der Waals surface area (Å²) in [6.45, 7) is 4.37. The van der Waals surface area contributed by atoms with Crippen molar-refractivity contribution in [1.82, 2.24) is 10.2 Å². The maximum absolute atomic E-state index is 13.0. The minimum Gasteiger partial charge on any atom is -0.355 e. The van der Waals surface area contributed by atoms with Crippen molar-refractivity contribution in [3.63, 3.8) is 0 Å². The van der Waals surface area contributed by atoms with Crippen molar-refractivity contribution in [3.8, 4) is 0 Å². The molecule has 0 aliphatic carbocycles. The van der Waals surface area contributed by atoms with Crippen LogP contribution in [-0.2, 0) is 9.59 Å². The van der Waals surface area contributed by atoms with E-state index in [1.165, 1.54) is 12.1 Å². The summed E-state index contributed by atoms with van der Waals surface area (Å²) in [6.07, 6.45) is 0.856. The van der Waals surface area contributed by atoms with Crippen molar-refractivity contribution < 1.29 is 14.0 Å². The van der Waals surface area contributed by atoms with E-state index >= 15 is 0 Å². The summed E-state index contributed by atoms with van der Waals surface area (Å²) in [5, 5.41) is 5.50. The van der Waals surface area contributed by atoms with E-state index in [-0.39, 0.29) is 23.4 Å². The predicted octanol–water partition coefficient (Wildman–Crippen LogP) is 2.26. The van der Waals surface area contributed by atoms with Gasteiger partial charge in [-0.2, -0.15) is 0 Å². The molecule has 0 fully saturated rings. The van der Waals surface area contributed by atoms with Gasteiger partial charge in [-0.3, -0.25) is 14.5 Å². The number of nitrogens with zero attached hydrogens (tertiary/aromatic N) is 1. The van der Waals surface area contributed by atoms with Crippen LogP contribution in [0.1, 0.15) is 20.3 Å². The first kappa shape index (κ1) is 18.4. The van der Waals surface area contributed by atoms with Gasteiger partial charge in [0.25, 0.3) is 0 Å². The summed E-state index contributed by atoms with van der Waals surface area (Å²) in [5.41, 5.74) is 0.337. The number of likely N-dealkylation sites (N-methyl/N-ethyl adjacent to an activating group) is 1. The highest BCUT2D eigenvalue weighted by Gasteiger charge is 2.20. The van der Waals surface area contributed by atoms with E-state index in [1.807, 2.05) is 6.92 Å². The summed E-state index contributed by atoms with van der Waals surface area (Å²) in [6, 6.07) is 3.21. The summed E-state index contributed by atoms with van der Waals surface area (Å²) in [7, 11) is 1.68. The van der Waals surface area contributed by atoms with Crippen LogP contribution in [0.25, 0.3) is 0 Å². The quantitative estimate of drug-likeness (QED) is 0.806. The zero-order valence-electron chi connectivity index (χ0n) is 13.0. The number of nitrogens with one attached hydrogen (secondary N) is 2. The highest BCUT2D eigenvalue weighted by atomic mass is 35.5. The molecule has 0 aromatic heterocycles. The number of carbonyl (C=O) groups excluding carboxylic acids is 2. The van der Waals surface area contributed by atoms with Gasteiger partial charge in [0.1, 0.15) is 5.82 Å². The molecule has 1 rings (SSSR count). The molecule has 7 heteroatoms. The Bertz CT molecular complexity index is 540. The van der Waals surface area contributed by atoms with Crippen molar-refractivity contribution >= 4 is 29.1 Å². The van der Waals surface area contributed by atoms with E-state index in [0.717, 1.165) is 12.5 Å². The Morgan fingerprint density at radius 2 is 2.09 bits per heavy atom. The Morgan fingerprint density at radius 3 is 2.68 bits per heavy atom. The maximum atomic E-state index is 13.0. The van der Waals surface area contributed by atoms with E-state index in [1.54, 1.807) is 18.9 Å². The van der Waals surface area contributed by atoms with E-state index < -0.39 is 11.9 Å². The van der Waals surface area contributed by atoms with E-state index in [2.05, 4.69) is 10.6 Å². The van der Waals surface area contributed by atoms with E-state index in [4.69, 9.17) is 11.6 Å². The van der Waals surface area contributed by atoms with E-state index in [0.29, 0.717) is 12.2 Å². The number of amides is 2. The van der Waals surface area contributed by atoms with Crippen LogP contribution in [0.15, 0.2) is 18.2 Å². The predicted molar refractivity (Wildman–Crippen MR) is 85.4 cm³/mol. The Labute approximate surface area is 134 Å². The third kappa shape index (κ3) is 5.61. The number of halogens is 2. The molecule has 1 aromatic carbocycles. The first-order valence-corrected chi connectivity index (χ1v) is 7.45. The number of hydrogen-bond acceptors (Lipinski definition) is 3. The minimum absolute atomic E-state index is 0.117. The van der Waals surface area contributed by atoms with Gasteiger partial charge in [0.05, 0.1) is 23.3 Å². The molecule has 0 saturated carbocycles. The fourth-order valence-corrected chi connectivity index (χ4v) is 1.93. The van der Waals surface area contributed by atoms with Crippen LogP contribution in [0, 0.1) is 5.82 Å². The molecule has 1 aromatic rings. The second kappa shape index (κ2) is 8.70. The number of rotatable bonds is 7. The van der Waals surface area contributed by atoms with Crippen LogP contribution in [0.5, 0.6) is 0 Å². The Morgan fingerprint density at radius 1 is 1.41 bits per heavy atom. The van der Waals surface area contributed by atoms with Gasteiger partial charge in [-0.1, -0.05) is 18.5 Å². The number of anilines is 1. The summed E-state index contributed by atoms with van der Waals surface area (Å²) < 4.78 is 13.0. The van der Waals surface area contributed by atoms with Crippen LogP contribution in [0.2, 0.25) is 5.02 Å². The van der Waals surface area contributed by atoms with Gasteiger partial charge in [-0.25, -0.2) is 4.39 Å². The molecule has 2 amide bonds. The second-order valence-corrected chi connectivity index (χ2v) is 5.46. The van der Waals surface area contributed by atoms with Crippen LogP contribution < -0.4 is 10.6 Å². The molecule has 0 aliphatic rings. The van der Waals surface area contributed by atoms with Gasteiger partial charge in [-0.15, -0.1) is 0 Å². The lowest BCUT2D eigenvalue weighted by Crippen LogP contribution is -2.44. The molecule has 122 valence electrons. The number of carbonyl (C=O) groups is 2. The number of benzene rings is 1. The minimum atomic E-state index is -0.534. The Balaban J connectivity index is 2.58. The Kier molecular flexibility index (Phi) is 7.27. The molecule has 22 heavy (non-hydrogen) atoms. The van der Waals surface area contributed by atoms with E-state index in [9.17, 15) is 14.0 Å². The largest absolute Gasteiger partial charge is 0.355 e. The second-order valence-electron chi connectivity index (χ2n) is 5.05. The lowest BCUT2D eigenvalue weighted by molar-refractivity contribution is -0.124. The SMILES string of the molecule is CCCNC(=O)CN(C)[C@H](C)C(=O)Nc1ccc(F)cc1Cl. The van der Waals surface area contributed by atoms with Gasteiger partial charge < -0.3 is 10.6 Å². The third-order valence-corrected chi connectivity index (χ3v) is 3.51. The maximum Gasteiger partial charge on any atom is 0.241 e. The average Bonchev–Trinajstić information content (AvgIpc) is 2.46. The van der Waals surface area contributed by atoms with Gasteiger partial charge in [-0.05, 0) is 38.6 Å². The molecule has 1 atom stereocenters. The molecular formula is C15H21ClFN3O2. The van der Waals surface area contributed by atoms with Crippen molar-refractivity contribution in [2.75, 3.05) is 25.5 Å². The topological polar surface area (TPSA) is 61.4 Å². The average molecular weight is 330 g/mol. The smallest absolute Gasteiger partial charge is 0.241 e. The van der Waals surface area contributed by atoms with Crippen LogP contribution in [-0.4, -0.2) is 42.9 Å². The van der Waals surface area contributed by atoms with Crippen molar-refractivity contribution in [2.45, 2.75) is 26.3 Å². The highest BCUT2D eigenvalue weighted by molar-refractivity contribution is 6.33. The molecule has 0 bridgehead atoms. The number of hydrogen-bond donors (Lipinski definition) is 2. The molecule has 0 unspecified atom stereocenters. The lowest BCUT2D eigenvalue weighted by Gasteiger charge is -2.23. The van der Waals surface area contributed by atoms with Crippen LogP contribution in [0.4, 0.5) is 10.1 Å². The first-order chi connectivity index (χ1) is 10.3. The molecule has 5 nitrogen and oxygen atoms in total. The van der Waals surface area contributed by atoms with Gasteiger partial charge in [0, 0.05) is 6.54 Å². The zero-order chi connectivity index (χ0) is 16.7. The fraction of sp³-hybridized carbons (Fsp3) is 0.467. The zero-order valence-corrected chi connectivity index (χ0v) is 13.7. The van der Waals surface area contributed by atoms with Gasteiger partial charge in [0.15, 0.2) is 0 Å². The monoisotopic (exact) mass is 329 g/mol. The van der Waals surface area contributed by atoms with Crippen molar-refractivity contribution in [1.29, 1.82) is 0 Å². The normalized spacial score (nSPS) is 12.1. The molecular weight excluding hydrogens is 309 g/mol. The standard InChI is InChI=1S/C15H21ClFN3O2/c1-4-7-18-14(21)9-20(3)10(2)15(22)19-13-6-5-11(17)8-12(13)16/h5-6,8,10H,4,7,9H2,1-3H3,(H,18,21)(H,19,22)/t10-/m1/s1. The third-order valence-electron chi connectivity index (χ3n) is 3.19. The molecule has 2 N–H and O–H groups in total. The summed E-state index contributed by atoms with van der Waals surface area (Å²) in [4.78, 5) is 25.4. The molecule has 0 aliphatic heterocycles. The molecule has 0 saturated heterocycles. The van der Waals surface area contributed by atoms with Gasteiger partial charge >= 0.3 is 0 Å². The highest BCUT2D eigenvalue weighted by Crippen LogP contribution is 2.22.